The second kappa shape index (κ2) is 5.11. The normalized spacial score (nSPS) is 12.8. The minimum atomic E-state index is -4.45. The van der Waals surface area contributed by atoms with E-state index in [1.165, 1.54) is 0 Å². The highest BCUT2D eigenvalue weighted by Gasteiger charge is 2.31. The Morgan fingerprint density at radius 1 is 1.41 bits per heavy atom. The molecule has 0 aliphatic heterocycles. The van der Waals surface area contributed by atoms with Gasteiger partial charge in [-0.15, -0.1) is 11.8 Å². The number of halogens is 3. The first kappa shape index (κ1) is 13.4. The fraction of sp³-hybridized carbons (Fsp3) is 0.333. The number of alkyl halides is 3. The highest BCUT2D eigenvalue weighted by atomic mass is 19.4. The lowest BCUT2D eigenvalue weighted by molar-refractivity contribution is -0.137. The number of benzene rings is 1. The van der Waals surface area contributed by atoms with E-state index in [0.717, 1.165) is 18.2 Å². The third-order valence-corrected chi connectivity index (χ3v) is 2.25. The zero-order valence-corrected chi connectivity index (χ0v) is 9.17. The van der Waals surface area contributed by atoms with Crippen molar-refractivity contribution in [3.63, 3.8) is 0 Å². The second-order valence-electron chi connectivity index (χ2n) is 3.49. The maximum atomic E-state index is 12.5. The second-order valence-corrected chi connectivity index (χ2v) is 3.49. The van der Waals surface area contributed by atoms with Gasteiger partial charge in [-0.3, -0.25) is 0 Å². The van der Waals surface area contributed by atoms with Crippen LogP contribution in [0.1, 0.15) is 30.6 Å². The molecule has 1 unspecified atom stereocenters. The SMILES string of the molecule is CC#CCC(O)c1cc(C(F)(F)F)ccc1N. The standard InChI is InChI=1S/C12H12F3NO/c1-2-3-4-11(17)9-7-8(12(13,14)15)5-6-10(9)16/h5-7,11,17H,4,16H2,1H3. The molecule has 0 saturated heterocycles. The number of aliphatic hydroxyl groups excluding tert-OH is 1. The van der Waals surface area contributed by atoms with E-state index < -0.39 is 17.8 Å². The number of rotatable bonds is 2. The summed E-state index contributed by atoms with van der Waals surface area (Å²) in [6, 6.07) is 2.88. The summed E-state index contributed by atoms with van der Waals surface area (Å²) in [4.78, 5) is 0. The van der Waals surface area contributed by atoms with Gasteiger partial charge in [0.1, 0.15) is 0 Å². The zero-order chi connectivity index (χ0) is 13.1. The maximum Gasteiger partial charge on any atom is 0.416 e. The van der Waals surface area contributed by atoms with Crippen LogP contribution >= 0.6 is 0 Å². The van der Waals surface area contributed by atoms with E-state index in [1.54, 1.807) is 6.92 Å². The van der Waals surface area contributed by atoms with Crippen LogP contribution in [0.15, 0.2) is 18.2 Å². The van der Waals surface area contributed by atoms with Gasteiger partial charge in [0.2, 0.25) is 0 Å². The van der Waals surface area contributed by atoms with Gasteiger partial charge in [-0.2, -0.15) is 13.2 Å². The highest BCUT2D eigenvalue weighted by molar-refractivity contribution is 5.50. The lowest BCUT2D eigenvalue weighted by Crippen LogP contribution is -2.09. The van der Waals surface area contributed by atoms with Crippen molar-refractivity contribution in [3.8, 4) is 11.8 Å². The quantitative estimate of drug-likeness (QED) is 0.619. The summed E-state index contributed by atoms with van der Waals surface area (Å²) in [5.41, 5.74) is 4.89. The Kier molecular flexibility index (Phi) is 4.02. The molecule has 92 valence electrons. The van der Waals surface area contributed by atoms with E-state index in [9.17, 15) is 18.3 Å². The Morgan fingerprint density at radius 3 is 2.59 bits per heavy atom. The van der Waals surface area contributed by atoms with Gasteiger partial charge in [-0.05, 0) is 25.1 Å². The minimum Gasteiger partial charge on any atom is -0.398 e. The van der Waals surface area contributed by atoms with Crippen molar-refractivity contribution < 1.29 is 18.3 Å². The molecule has 3 N–H and O–H groups in total. The maximum absolute atomic E-state index is 12.5. The van der Waals surface area contributed by atoms with Gasteiger partial charge in [0.25, 0.3) is 0 Å². The van der Waals surface area contributed by atoms with E-state index in [-0.39, 0.29) is 17.7 Å². The van der Waals surface area contributed by atoms with Crippen molar-refractivity contribution in [2.24, 2.45) is 0 Å². The van der Waals surface area contributed by atoms with Gasteiger partial charge in [0, 0.05) is 17.7 Å². The molecule has 1 aromatic carbocycles. The molecule has 1 rings (SSSR count). The van der Waals surface area contributed by atoms with Crippen LogP contribution in [0.25, 0.3) is 0 Å². The Bertz CT molecular complexity index is 457. The predicted molar refractivity (Wildman–Crippen MR) is 58.9 cm³/mol. The number of nitrogen functional groups attached to an aromatic ring is 1. The average Bonchev–Trinajstić information content (AvgIpc) is 2.24. The third kappa shape index (κ3) is 3.40. The fourth-order valence-corrected chi connectivity index (χ4v) is 1.35. The third-order valence-electron chi connectivity index (χ3n) is 2.25. The van der Waals surface area contributed by atoms with E-state index in [1.807, 2.05) is 0 Å². The molecule has 0 aliphatic carbocycles. The van der Waals surface area contributed by atoms with Crippen molar-refractivity contribution in [2.45, 2.75) is 25.6 Å². The molecule has 1 atom stereocenters. The summed E-state index contributed by atoms with van der Waals surface area (Å²) in [5, 5.41) is 9.67. The number of nitrogens with two attached hydrogens (primary N) is 1. The molecule has 17 heavy (non-hydrogen) atoms. The van der Waals surface area contributed by atoms with Crippen molar-refractivity contribution in [2.75, 3.05) is 5.73 Å². The molecular weight excluding hydrogens is 231 g/mol. The molecule has 0 radical (unpaired) electrons. The molecule has 0 saturated carbocycles. The van der Waals surface area contributed by atoms with Crippen molar-refractivity contribution in [1.82, 2.24) is 0 Å². The van der Waals surface area contributed by atoms with Crippen LogP contribution in [0.4, 0.5) is 18.9 Å². The van der Waals surface area contributed by atoms with Crippen LogP contribution in [0.5, 0.6) is 0 Å². The Morgan fingerprint density at radius 2 is 2.06 bits per heavy atom. The molecule has 0 bridgehead atoms. The summed E-state index contributed by atoms with van der Waals surface area (Å²) in [5.74, 6) is 5.15. The molecule has 0 spiro atoms. The number of aliphatic hydroxyl groups is 1. The van der Waals surface area contributed by atoms with Crippen molar-refractivity contribution in [3.05, 3.63) is 29.3 Å². The van der Waals surface area contributed by atoms with Gasteiger partial charge >= 0.3 is 6.18 Å². The molecule has 5 heteroatoms. The fourth-order valence-electron chi connectivity index (χ4n) is 1.35. The minimum absolute atomic E-state index is 0.0576. The molecule has 0 fully saturated rings. The van der Waals surface area contributed by atoms with Crippen LogP contribution in [-0.4, -0.2) is 5.11 Å². The Labute approximate surface area is 97.3 Å². The van der Waals surface area contributed by atoms with Gasteiger partial charge in [0.05, 0.1) is 11.7 Å². The highest BCUT2D eigenvalue weighted by Crippen LogP contribution is 2.33. The number of hydrogen-bond donors (Lipinski definition) is 2. The molecule has 0 amide bonds. The van der Waals surface area contributed by atoms with Crippen molar-refractivity contribution in [1.29, 1.82) is 0 Å². The van der Waals surface area contributed by atoms with Crippen LogP contribution in [0.3, 0.4) is 0 Å². The molecule has 1 aromatic rings. The van der Waals surface area contributed by atoms with Gasteiger partial charge < -0.3 is 10.8 Å². The largest absolute Gasteiger partial charge is 0.416 e. The first-order valence-electron chi connectivity index (χ1n) is 4.90. The van der Waals surface area contributed by atoms with Gasteiger partial charge in [0.15, 0.2) is 0 Å². The summed E-state index contributed by atoms with van der Waals surface area (Å²) in [6.45, 7) is 1.59. The van der Waals surface area contributed by atoms with E-state index in [2.05, 4.69) is 11.8 Å². The monoisotopic (exact) mass is 243 g/mol. The molecule has 0 aromatic heterocycles. The average molecular weight is 243 g/mol. The lowest BCUT2D eigenvalue weighted by Gasteiger charge is -2.14. The lowest BCUT2D eigenvalue weighted by atomic mass is 10.0. The topological polar surface area (TPSA) is 46.2 Å². The zero-order valence-electron chi connectivity index (χ0n) is 9.17. The first-order valence-corrected chi connectivity index (χ1v) is 4.90. The summed E-state index contributed by atoms with van der Waals surface area (Å²) < 4.78 is 37.4. The van der Waals surface area contributed by atoms with E-state index >= 15 is 0 Å². The summed E-state index contributed by atoms with van der Waals surface area (Å²) >= 11 is 0. The molecule has 0 heterocycles. The Hall–Kier alpha value is -1.67. The molecular formula is C12H12F3NO. The summed E-state index contributed by atoms with van der Waals surface area (Å²) in [7, 11) is 0. The van der Waals surface area contributed by atoms with E-state index in [0.29, 0.717) is 0 Å². The predicted octanol–water partition coefficient (Wildman–Crippen LogP) is 2.73. The molecule has 2 nitrogen and oxygen atoms in total. The number of hydrogen-bond acceptors (Lipinski definition) is 2. The van der Waals surface area contributed by atoms with Crippen LogP contribution < -0.4 is 5.73 Å². The summed E-state index contributed by atoms with van der Waals surface area (Å²) in [6.07, 6.45) is -5.49. The van der Waals surface area contributed by atoms with Crippen molar-refractivity contribution >= 4 is 5.69 Å². The van der Waals surface area contributed by atoms with Gasteiger partial charge in [-0.1, -0.05) is 0 Å². The number of anilines is 1. The van der Waals surface area contributed by atoms with Crippen LogP contribution in [-0.2, 0) is 6.18 Å². The van der Waals surface area contributed by atoms with Crippen LogP contribution in [0, 0.1) is 11.8 Å². The molecule has 0 aliphatic rings. The van der Waals surface area contributed by atoms with Crippen LogP contribution in [0.2, 0.25) is 0 Å². The first-order chi connectivity index (χ1) is 7.86. The Balaban J connectivity index is 3.09. The smallest absolute Gasteiger partial charge is 0.398 e. The van der Waals surface area contributed by atoms with E-state index in [4.69, 9.17) is 5.73 Å². The van der Waals surface area contributed by atoms with Gasteiger partial charge in [-0.25, -0.2) is 0 Å².